The number of halogens is 1. The molecule has 0 spiro atoms. The number of carbonyl (C=O) groups is 1. The van der Waals surface area contributed by atoms with Crippen molar-refractivity contribution in [3.63, 3.8) is 0 Å². The molecule has 0 aliphatic heterocycles. The molecule has 1 fully saturated rings. The summed E-state index contributed by atoms with van der Waals surface area (Å²) in [7, 11) is 0. The number of amides is 1. The lowest BCUT2D eigenvalue weighted by Gasteiger charge is -2.31. The molecule has 0 saturated heterocycles. The molecule has 5 nitrogen and oxygen atoms in total. The van der Waals surface area contributed by atoms with E-state index in [1.54, 1.807) is 0 Å². The molecule has 1 amide bonds. The Balaban J connectivity index is 0.00000176. The van der Waals surface area contributed by atoms with Crippen LogP contribution >= 0.6 is 12.4 Å². The van der Waals surface area contributed by atoms with Gasteiger partial charge in [0.25, 0.3) is 0 Å². The molecule has 3 rings (SSSR count). The second-order valence-electron chi connectivity index (χ2n) is 5.85. The van der Waals surface area contributed by atoms with Gasteiger partial charge in [-0.05, 0) is 31.4 Å². The minimum absolute atomic E-state index is 0. The Hall–Kier alpha value is -1.59. The molecule has 6 heteroatoms. The van der Waals surface area contributed by atoms with E-state index in [9.17, 15) is 4.79 Å². The number of para-hydroxylation sites is 1. The molecular weight excluding hydrogens is 300 g/mol. The fourth-order valence-corrected chi connectivity index (χ4v) is 3.25. The number of benzene rings is 1. The predicted molar refractivity (Wildman–Crippen MR) is 90.0 cm³/mol. The third-order valence-electron chi connectivity index (χ3n) is 4.44. The first-order valence-electron chi connectivity index (χ1n) is 7.69. The van der Waals surface area contributed by atoms with Crippen molar-refractivity contribution in [2.24, 2.45) is 11.7 Å². The van der Waals surface area contributed by atoms with E-state index in [4.69, 9.17) is 5.73 Å². The number of nitrogens with zero attached hydrogens (tertiary/aromatic N) is 1. The first kappa shape index (κ1) is 16.8. The standard InChI is InChI=1S/C16H22N4O.ClH/c17-10-11-5-1-3-7-13(11)18-16(21)9-15-12-6-2-4-8-14(12)19-20-15;/h2,4,6,8,11,13H,1,3,5,7,9-10,17H2,(H,18,21)(H,19,20);1H. The summed E-state index contributed by atoms with van der Waals surface area (Å²) >= 11 is 0. The number of nitrogens with one attached hydrogen (secondary N) is 2. The Morgan fingerprint density at radius 3 is 2.91 bits per heavy atom. The van der Waals surface area contributed by atoms with Crippen LogP contribution in [0.15, 0.2) is 24.3 Å². The highest BCUT2D eigenvalue weighted by molar-refractivity contribution is 5.87. The quantitative estimate of drug-likeness (QED) is 0.806. The highest BCUT2D eigenvalue weighted by Gasteiger charge is 2.25. The average molecular weight is 323 g/mol. The van der Waals surface area contributed by atoms with E-state index < -0.39 is 0 Å². The van der Waals surface area contributed by atoms with Crippen LogP contribution in [0.3, 0.4) is 0 Å². The minimum atomic E-state index is 0. The van der Waals surface area contributed by atoms with Gasteiger partial charge >= 0.3 is 0 Å². The van der Waals surface area contributed by atoms with Crippen LogP contribution in [0.25, 0.3) is 10.9 Å². The Labute approximate surface area is 136 Å². The maximum absolute atomic E-state index is 12.3. The molecule has 0 radical (unpaired) electrons. The second-order valence-corrected chi connectivity index (χ2v) is 5.85. The normalized spacial score (nSPS) is 21.3. The first-order valence-corrected chi connectivity index (χ1v) is 7.69. The molecule has 1 aliphatic rings. The number of carbonyl (C=O) groups excluding carboxylic acids is 1. The Morgan fingerprint density at radius 1 is 1.32 bits per heavy atom. The van der Waals surface area contributed by atoms with E-state index in [-0.39, 0.29) is 24.4 Å². The van der Waals surface area contributed by atoms with Crippen molar-refractivity contribution in [2.45, 2.75) is 38.1 Å². The summed E-state index contributed by atoms with van der Waals surface area (Å²) in [4.78, 5) is 12.3. The van der Waals surface area contributed by atoms with Crippen LogP contribution in [0.4, 0.5) is 0 Å². The van der Waals surface area contributed by atoms with E-state index in [1.165, 1.54) is 12.8 Å². The highest BCUT2D eigenvalue weighted by atomic mass is 35.5. The molecule has 1 aliphatic carbocycles. The fraction of sp³-hybridized carbons (Fsp3) is 0.500. The number of H-pyrrole nitrogens is 1. The maximum atomic E-state index is 12.3. The zero-order valence-corrected chi connectivity index (χ0v) is 13.4. The van der Waals surface area contributed by atoms with Crippen LogP contribution in [0, 0.1) is 5.92 Å². The van der Waals surface area contributed by atoms with Gasteiger partial charge in [0.15, 0.2) is 0 Å². The monoisotopic (exact) mass is 322 g/mol. The molecule has 22 heavy (non-hydrogen) atoms. The first-order chi connectivity index (χ1) is 10.3. The topological polar surface area (TPSA) is 83.8 Å². The van der Waals surface area contributed by atoms with Crippen molar-refractivity contribution in [1.29, 1.82) is 0 Å². The van der Waals surface area contributed by atoms with Crippen molar-refractivity contribution < 1.29 is 4.79 Å². The van der Waals surface area contributed by atoms with E-state index in [0.717, 1.165) is 29.4 Å². The van der Waals surface area contributed by atoms with Gasteiger partial charge in [-0.2, -0.15) is 5.10 Å². The molecule has 4 N–H and O–H groups in total. The zero-order valence-electron chi connectivity index (χ0n) is 12.5. The van der Waals surface area contributed by atoms with E-state index >= 15 is 0 Å². The number of aromatic amines is 1. The number of fused-ring (bicyclic) bond motifs is 1. The van der Waals surface area contributed by atoms with Gasteiger partial charge in [-0.15, -0.1) is 12.4 Å². The van der Waals surface area contributed by atoms with Crippen LogP contribution in [-0.2, 0) is 11.2 Å². The second kappa shape index (κ2) is 7.61. The SMILES string of the molecule is Cl.NCC1CCCCC1NC(=O)Cc1[nH]nc2ccccc12. The van der Waals surface area contributed by atoms with Gasteiger partial charge in [-0.1, -0.05) is 31.0 Å². The molecule has 0 bridgehead atoms. The number of hydrogen-bond donors (Lipinski definition) is 3. The summed E-state index contributed by atoms with van der Waals surface area (Å²) in [6.07, 6.45) is 4.90. The van der Waals surface area contributed by atoms with Crippen molar-refractivity contribution >= 4 is 29.2 Å². The third-order valence-corrected chi connectivity index (χ3v) is 4.44. The van der Waals surface area contributed by atoms with Gasteiger partial charge in [0.1, 0.15) is 0 Å². The summed E-state index contributed by atoms with van der Waals surface area (Å²) in [5, 5.41) is 11.4. The van der Waals surface area contributed by atoms with Gasteiger partial charge in [0.2, 0.25) is 5.91 Å². The lowest BCUT2D eigenvalue weighted by atomic mass is 9.84. The minimum Gasteiger partial charge on any atom is -0.353 e. The molecule has 2 unspecified atom stereocenters. The molecule has 1 saturated carbocycles. The fourth-order valence-electron chi connectivity index (χ4n) is 3.25. The Morgan fingerprint density at radius 2 is 2.09 bits per heavy atom. The Bertz CT molecular complexity index is 627. The van der Waals surface area contributed by atoms with Crippen LogP contribution < -0.4 is 11.1 Å². The third kappa shape index (κ3) is 3.59. The van der Waals surface area contributed by atoms with Crippen molar-refractivity contribution in [1.82, 2.24) is 15.5 Å². The van der Waals surface area contributed by atoms with Crippen molar-refractivity contribution in [3.8, 4) is 0 Å². The molecule has 2 aromatic rings. The zero-order chi connectivity index (χ0) is 14.7. The molecule has 1 aromatic carbocycles. The van der Waals surface area contributed by atoms with Crippen LogP contribution in [0.5, 0.6) is 0 Å². The maximum Gasteiger partial charge on any atom is 0.226 e. The molecule has 1 aromatic heterocycles. The predicted octanol–water partition coefficient (Wildman–Crippen LogP) is 2.16. The number of nitrogens with two attached hydrogens (primary N) is 1. The number of hydrogen-bond acceptors (Lipinski definition) is 3. The summed E-state index contributed by atoms with van der Waals surface area (Å²) in [5.74, 6) is 0.468. The van der Waals surface area contributed by atoms with Gasteiger partial charge in [0.05, 0.1) is 17.6 Å². The molecule has 1 heterocycles. The van der Waals surface area contributed by atoms with Crippen molar-refractivity contribution in [3.05, 3.63) is 30.0 Å². The van der Waals surface area contributed by atoms with Crippen LogP contribution in [0.2, 0.25) is 0 Å². The molecular formula is C16H23ClN4O. The lowest BCUT2D eigenvalue weighted by Crippen LogP contribution is -2.45. The van der Waals surface area contributed by atoms with Crippen LogP contribution in [0.1, 0.15) is 31.4 Å². The average Bonchev–Trinajstić information content (AvgIpc) is 2.91. The van der Waals surface area contributed by atoms with Gasteiger partial charge in [0, 0.05) is 11.4 Å². The highest BCUT2D eigenvalue weighted by Crippen LogP contribution is 2.23. The van der Waals surface area contributed by atoms with E-state index in [1.807, 2.05) is 24.3 Å². The van der Waals surface area contributed by atoms with Crippen LogP contribution in [-0.4, -0.2) is 28.7 Å². The van der Waals surface area contributed by atoms with Gasteiger partial charge in [-0.25, -0.2) is 0 Å². The molecule has 2 atom stereocenters. The van der Waals surface area contributed by atoms with Crippen molar-refractivity contribution in [2.75, 3.05) is 6.54 Å². The van der Waals surface area contributed by atoms with Gasteiger partial charge < -0.3 is 11.1 Å². The summed E-state index contributed by atoms with van der Waals surface area (Å²) in [6.45, 7) is 0.651. The smallest absolute Gasteiger partial charge is 0.226 e. The molecule has 120 valence electrons. The Kier molecular flexibility index (Phi) is 5.80. The lowest BCUT2D eigenvalue weighted by molar-refractivity contribution is -0.121. The summed E-state index contributed by atoms with van der Waals surface area (Å²) in [6, 6.07) is 8.07. The summed E-state index contributed by atoms with van der Waals surface area (Å²) < 4.78 is 0. The van der Waals surface area contributed by atoms with E-state index in [2.05, 4.69) is 15.5 Å². The number of rotatable bonds is 4. The van der Waals surface area contributed by atoms with E-state index in [0.29, 0.717) is 18.9 Å². The largest absolute Gasteiger partial charge is 0.353 e. The van der Waals surface area contributed by atoms with Gasteiger partial charge in [-0.3, -0.25) is 9.89 Å². The number of aromatic nitrogens is 2. The summed E-state index contributed by atoms with van der Waals surface area (Å²) in [5.41, 5.74) is 7.59.